The Labute approximate surface area is 137 Å². The molecule has 3 heteroatoms. The van der Waals surface area contributed by atoms with Crippen molar-refractivity contribution in [3.63, 3.8) is 0 Å². The Morgan fingerprint density at radius 1 is 1.00 bits per heavy atom. The topological polar surface area (TPSA) is 12.0 Å². The van der Waals surface area contributed by atoms with Gasteiger partial charge in [-0.3, -0.25) is 0 Å². The van der Waals surface area contributed by atoms with Gasteiger partial charge in [-0.05, 0) is 48.2 Å². The van der Waals surface area contributed by atoms with Crippen LogP contribution in [0.5, 0.6) is 0 Å². The van der Waals surface area contributed by atoms with E-state index in [1.807, 2.05) is 19.2 Å². The third kappa shape index (κ3) is 4.23. The lowest BCUT2D eigenvalue weighted by atomic mass is 9.96. The maximum Gasteiger partial charge on any atom is 0.0589 e. The van der Waals surface area contributed by atoms with Crippen LogP contribution in [0.1, 0.15) is 36.6 Å². The lowest BCUT2D eigenvalue weighted by Crippen LogP contribution is -2.18. The molecule has 0 aromatic heterocycles. The molecule has 0 saturated carbocycles. The fourth-order valence-corrected chi connectivity index (χ4v) is 3.07. The standard InChI is InChI=1S/C18H21Cl2N/c1-12(2)10-13-4-6-14(7-5-13)18(21-3)16-9-8-15(19)11-17(16)20/h4-9,11-12,18,21H,10H2,1-3H3. The van der Waals surface area contributed by atoms with Gasteiger partial charge in [0.25, 0.3) is 0 Å². The Bertz CT molecular complexity index is 591. The molecule has 112 valence electrons. The zero-order chi connectivity index (χ0) is 15.4. The molecule has 2 rings (SSSR count). The summed E-state index contributed by atoms with van der Waals surface area (Å²) in [4.78, 5) is 0. The molecular formula is C18H21Cl2N. The number of nitrogens with one attached hydrogen (secondary N) is 1. The maximum atomic E-state index is 6.33. The van der Waals surface area contributed by atoms with Crippen molar-refractivity contribution in [2.75, 3.05) is 7.05 Å². The summed E-state index contributed by atoms with van der Waals surface area (Å²) < 4.78 is 0. The summed E-state index contributed by atoms with van der Waals surface area (Å²) >= 11 is 12.3. The first-order valence-electron chi connectivity index (χ1n) is 7.22. The maximum absolute atomic E-state index is 6.33. The molecular weight excluding hydrogens is 301 g/mol. The first-order chi connectivity index (χ1) is 10.0. The lowest BCUT2D eigenvalue weighted by molar-refractivity contribution is 0.645. The van der Waals surface area contributed by atoms with E-state index in [2.05, 4.69) is 43.4 Å². The van der Waals surface area contributed by atoms with Crippen LogP contribution in [0.2, 0.25) is 10.0 Å². The van der Waals surface area contributed by atoms with E-state index in [0.717, 1.165) is 12.0 Å². The van der Waals surface area contributed by atoms with Gasteiger partial charge in [-0.15, -0.1) is 0 Å². The Balaban J connectivity index is 2.28. The molecule has 0 saturated heterocycles. The summed E-state index contributed by atoms with van der Waals surface area (Å²) in [5.74, 6) is 0.668. The Morgan fingerprint density at radius 2 is 1.67 bits per heavy atom. The first-order valence-corrected chi connectivity index (χ1v) is 7.98. The highest BCUT2D eigenvalue weighted by Crippen LogP contribution is 2.30. The number of hydrogen-bond donors (Lipinski definition) is 1. The summed E-state index contributed by atoms with van der Waals surface area (Å²) in [6.07, 6.45) is 1.10. The largest absolute Gasteiger partial charge is 0.309 e. The molecule has 0 aliphatic heterocycles. The third-order valence-electron chi connectivity index (χ3n) is 3.52. The van der Waals surface area contributed by atoms with Gasteiger partial charge < -0.3 is 5.32 Å². The molecule has 1 atom stereocenters. The van der Waals surface area contributed by atoms with Crippen molar-refractivity contribution < 1.29 is 0 Å². The van der Waals surface area contributed by atoms with E-state index in [1.165, 1.54) is 11.1 Å². The molecule has 0 fully saturated rings. The monoisotopic (exact) mass is 321 g/mol. The van der Waals surface area contributed by atoms with E-state index in [-0.39, 0.29) is 6.04 Å². The van der Waals surface area contributed by atoms with E-state index in [4.69, 9.17) is 23.2 Å². The summed E-state index contributed by atoms with van der Waals surface area (Å²) in [5.41, 5.74) is 3.61. The molecule has 0 amide bonds. The van der Waals surface area contributed by atoms with Gasteiger partial charge in [-0.1, -0.05) is 67.4 Å². The second-order valence-corrected chi connectivity index (χ2v) is 6.57. The van der Waals surface area contributed by atoms with E-state index >= 15 is 0 Å². The van der Waals surface area contributed by atoms with E-state index < -0.39 is 0 Å². The molecule has 0 aliphatic carbocycles. The number of hydrogen-bond acceptors (Lipinski definition) is 1. The summed E-state index contributed by atoms with van der Waals surface area (Å²) in [6.45, 7) is 4.47. The Hall–Kier alpha value is -1.02. The molecule has 0 radical (unpaired) electrons. The van der Waals surface area contributed by atoms with Crippen LogP contribution >= 0.6 is 23.2 Å². The van der Waals surface area contributed by atoms with Gasteiger partial charge in [0.05, 0.1) is 6.04 Å². The fourth-order valence-electron chi connectivity index (χ4n) is 2.55. The van der Waals surface area contributed by atoms with Crippen LogP contribution in [0.3, 0.4) is 0 Å². The minimum atomic E-state index is 0.0721. The Morgan fingerprint density at radius 3 is 2.19 bits per heavy atom. The van der Waals surface area contributed by atoms with Crippen LogP contribution in [0.15, 0.2) is 42.5 Å². The van der Waals surface area contributed by atoms with Crippen molar-refractivity contribution in [3.8, 4) is 0 Å². The van der Waals surface area contributed by atoms with Gasteiger partial charge in [0, 0.05) is 10.0 Å². The molecule has 2 aromatic rings. The van der Waals surface area contributed by atoms with Gasteiger partial charge in [0.2, 0.25) is 0 Å². The highest BCUT2D eigenvalue weighted by molar-refractivity contribution is 6.35. The molecule has 0 spiro atoms. The number of benzene rings is 2. The molecule has 1 nitrogen and oxygen atoms in total. The van der Waals surface area contributed by atoms with Crippen LogP contribution in [-0.2, 0) is 6.42 Å². The van der Waals surface area contributed by atoms with Crippen LogP contribution < -0.4 is 5.32 Å². The molecule has 1 N–H and O–H groups in total. The van der Waals surface area contributed by atoms with Crippen molar-refractivity contribution in [2.24, 2.45) is 5.92 Å². The predicted octanol–water partition coefficient (Wildman–Crippen LogP) is 5.50. The number of halogens is 2. The van der Waals surface area contributed by atoms with Gasteiger partial charge >= 0.3 is 0 Å². The van der Waals surface area contributed by atoms with Crippen molar-refractivity contribution in [1.29, 1.82) is 0 Å². The summed E-state index contributed by atoms with van der Waals surface area (Å²) in [6, 6.07) is 14.5. The molecule has 0 aliphatic rings. The van der Waals surface area contributed by atoms with Crippen LogP contribution in [-0.4, -0.2) is 7.05 Å². The minimum Gasteiger partial charge on any atom is -0.309 e. The lowest BCUT2D eigenvalue weighted by Gasteiger charge is -2.19. The minimum absolute atomic E-state index is 0.0721. The van der Waals surface area contributed by atoms with Crippen molar-refractivity contribution >= 4 is 23.2 Å². The first kappa shape index (κ1) is 16.4. The Kier molecular flexibility index (Phi) is 5.69. The highest BCUT2D eigenvalue weighted by atomic mass is 35.5. The fraction of sp³-hybridized carbons (Fsp3) is 0.333. The molecule has 0 bridgehead atoms. The highest BCUT2D eigenvalue weighted by Gasteiger charge is 2.15. The normalized spacial score (nSPS) is 12.7. The van der Waals surface area contributed by atoms with Gasteiger partial charge in [0.15, 0.2) is 0 Å². The summed E-state index contributed by atoms with van der Waals surface area (Å²) in [5, 5.41) is 4.67. The van der Waals surface area contributed by atoms with Crippen LogP contribution in [0.25, 0.3) is 0 Å². The number of rotatable bonds is 5. The molecule has 1 unspecified atom stereocenters. The van der Waals surface area contributed by atoms with Crippen LogP contribution in [0, 0.1) is 5.92 Å². The van der Waals surface area contributed by atoms with Crippen molar-refractivity contribution in [1.82, 2.24) is 5.32 Å². The zero-order valence-electron chi connectivity index (χ0n) is 12.7. The van der Waals surface area contributed by atoms with Gasteiger partial charge in [-0.2, -0.15) is 0 Å². The van der Waals surface area contributed by atoms with E-state index in [9.17, 15) is 0 Å². The summed E-state index contributed by atoms with van der Waals surface area (Å²) in [7, 11) is 1.94. The van der Waals surface area contributed by atoms with Crippen molar-refractivity contribution in [3.05, 3.63) is 69.2 Å². The smallest absolute Gasteiger partial charge is 0.0589 e. The van der Waals surface area contributed by atoms with E-state index in [0.29, 0.717) is 16.0 Å². The van der Waals surface area contributed by atoms with Gasteiger partial charge in [-0.25, -0.2) is 0 Å². The van der Waals surface area contributed by atoms with E-state index in [1.54, 1.807) is 6.07 Å². The second kappa shape index (κ2) is 7.31. The third-order valence-corrected chi connectivity index (χ3v) is 4.08. The van der Waals surface area contributed by atoms with Crippen LogP contribution in [0.4, 0.5) is 0 Å². The molecule has 21 heavy (non-hydrogen) atoms. The predicted molar refractivity (Wildman–Crippen MR) is 92.3 cm³/mol. The zero-order valence-corrected chi connectivity index (χ0v) is 14.2. The van der Waals surface area contributed by atoms with Crippen molar-refractivity contribution in [2.45, 2.75) is 26.3 Å². The molecule has 2 aromatic carbocycles. The van der Waals surface area contributed by atoms with Gasteiger partial charge in [0.1, 0.15) is 0 Å². The average Bonchev–Trinajstić information content (AvgIpc) is 2.43. The quantitative estimate of drug-likeness (QED) is 0.766. The molecule has 0 heterocycles. The average molecular weight is 322 g/mol. The SMILES string of the molecule is CNC(c1ccc(CC(C)C)cc1)c1ccc(Cl)cc1Cl. The second-order valence-electron chi connectivity index (χ2n) is 5.73.